The zero-order valence-electron chi connectivity index (χ0n) is 16.8. The molecule has 0 spiro atoms. The van der Waals surface area contributed by atoms with Gasteiger partial charge in [0.05, 0.1) is 28.3 Å². The maximum Gasteiger partial charge on any atom is 0.417 e. The number of alkyl halides is 3. The molecule has 0 saturated carbocycles. The number of piperidine rings is 1. The Kier molecular flexibility index (Phi) is 5.19. The van der Waals surface area contributed by atoms with E-state index in [4.69, 9.17) is 4.52 Å². The molecule has 2 aromatic heterocycles. The van der Waals surface area contributed by atoms with Crippen molar-refractivity contribution in [2.45, 2.75) is 45.2 Å². The molecule has 2 atom stereocenters. The van der Waals surface area contributed by atoms with Crippen molar-refractivity contribution in [3.8, 4) is 0 Å². The van der Waals surface area contributed by atoms with Gasteiger partial charge in [0.2, 0.25) is 11.8 Å². The molecule has 7 nitrogen and oxygen atoms in total. The predicted molar refractivity (Wildman–Crippen MR) is 100 cm³/mol. The van der Waals surface area contributed by atoms with Crippen LogP contribution >= 0.6 is 0 Å². The topological polar surface area (TPSA) is 79.5 Å². The second kappa shape index (κ2) is 7.55. The first-order chi connectivity index (χ1) is 14.2. The van der Waals surface area contributed by atoms with Gasteiger partial charge >= 0.3 is 6.18 Å². The van der Waals surface area contributed by atoms with Gasteiger partial charge in [-0.15, -0.1) is 0 Å². The van der Waals surface area contributed by atoms with E-state index in [-0.39, 0.29) is 53.2 Å². The highest BCUT2D eigenvalue weighted by molar-refractivity contribution is 5.89. The second-order valence-corrected chi connectivity index (χ2v) is 8.00. The third-order valence-electron chi connectivity index (χ3n) is 6.04. The van der Waals surface area contributed by atoms with E-state index in [1.54, 1.807) is 9.80 Å². The smallest absolute Gasteiger partial charge is 0.342 e. The summed E-state index contributed by atoms with van der Waals surface area (Å²) in [6, 6.07) is 1.06. The van der Waals surface area contributed by atoms with Gasteiger partial charge in [0.15, 0.2) is 0 Å². The summed E-state index contributed by atoms with van der Waals surface area (Å²) >= 11 is 0. The first-order valence-corrected chi connectivity index (χ1v) is 10.1. The molecule has 2 aliphatic rings. The van der Waals surface area contributed by atoms with Crippen molar-refractivity contribution in [3.63, 3.8) is 0 Å². The quantitative estimate of drug-likeness (QED) is 0.757. The highest BCUT2D eigenvalue weighted by Gasteiger charge is 2.39. The van der Waals surface area contributed by atoms with Gasteiger partial charge in [0.25, 0.3) is 5.71 Å². The number of carbonyl (C=O) groups excluding carboxylic acids is 2. The van der Waals surface area contributed by atoms with Crippen molar-refractivity contribution in [1.29, 1.82) is 0 Å². The Labute approximate surface area is 171 Å². The van der Waals surface area contributed by atoms with Crippen molar-refractivity contribution < 1.29 is 27.3 Å². The number of likely N-dealkylation sites (tertiary alicyclic amines) is 2. The third kappa shape index (κ3) is 3.63. The van der Waals surface area contributed by atoms with Crippen LogP contribution in [-0.4, -0.2) is 57.9 Å². The Morgan fingerprint density at radius 2 is 2.10 bits per heavy atom. The lowest BCUT2D eigenvalue weighted by Crippen LogP contribution is -2.43. The van der Waals surface area contributed by atoms with E-state index in [1.807, 2.05) is 6.92 Å². The number of aromatic nitrogens is 2. The Morgan fingerprint density at radius 1 is 1.33 bits per heavy atom. The molecule has 10 heteroatoms. The first kappa shape index (κ1) is 20.6. The van der Waals surface area contributed by atoms with Crippen LogP contribution in [0.4, 0.5) is 13.2 Å². The maximum absolute atomic E-state index is 13.6. The molecule has 4 heterocycles. The van der Waals surface area contributed by atoms with Gasteiger partial charge in [-0.25, -0.2) is 4.98 Å². The maximum atomic E-state index is 13.6. The number of halogens is 3. The molecule has 2 saturated heterocycles. The van der Waals surface area contributed by atoms with E-state index in [9.17, 15) is 22.8 Å². The number of carbonyl (C=O) groups is 2. The van der Waals surface area contributed by atoms with Crippen molar-refractivity contribution >= 4 is 22.9 Å². The molecule has 2 amide bonds. The van der Waals surface area contributed by atoms with E-state index < -0.39 is 17.7 Å². The van der Waals surface area contributed by atoms with Gasteiger partial charge in [-0.3, -0.25) is 9.59 Å². The Balaban J connectivity index is 1.59. The second-order valence-electron chi connectivity index (χ2n) is 8.00. The molecule has 2 aliphatic heterocycles. The molecule has 0 aromatic carbocycles. The fourth-order valence-electron chi connectivity index (χ4n) is 4.47. The van der Waals surface area contributed by atoms with Gasteiger partial charge in [0.1, 0.15) is 0 Å². The third-order valence-corrected chi connectivity index (χ3v) is 6.04. The number of pyridine rings is 1. The van der Waals surface area contributed by atoms with Gasteiger partial charge in [-0.1, -0.05) is 5.16 Å². The monoisotopic (exact) mass is 424 g/mol. The van der Waals surface area contributed by atoms with E-state index in [0.717, 1.165) is 6.07 Å². The van der Waals surface area contributed by atoms with Crippen LogP contribution in [0.2, 0.25) is 0 Å². The number of amides is 2. The zero-order valence-corrected chi connectivity index (χ0v) is 16.8. The molecule has 4 rings (SSSR count). The average molecular weight is 424 g/mol. The summed E-state index contributed by atoms with van der Waals surface area (Å²) in [6.45, 7) is 5.08. The normalized spacial score (nSPS) is 22.9. The van der Waals surface area contributed by atoms with Crippen LogP contribution in [0.3, 0.4) is 0 Å². The Hall–Kier alpha value is -2.65. The van der Waals surface area contributed by atoms with Crippen LogP contribution in [0.5, 0.6) is 0 Å². The number of hydrogen-bond donors (Lipinski definition) is 0. The summed E-state index contributed by atoms with van der Waals surface area (Å²) in [6.07, 6.45) is -3.10. The van der Waals surface area contributed by atoms with Gasteiger partial charge < -0.3 is 14.3 Å². The van der Waals surface area contributed by atoms with Crippen molar-refractivity contribution in [1.82, 2.24) is 19.9 Å². The van der Waals surface area contributed by atoms with E-state index in [2.05, 4.69) is 10.1 Å². The molecule has 0 N–H and O–H groups in total. The Morgan fingerprint density at radius 3 is 2.77 bits per heavy atom. The van der Waals surface area contributed by atoms with Crippen LogP contribution < -0.4 is 0 Å². The zero-order chi connectivity index (χ0) is 21.6. The average Bonchev–Trinajstić information content (AvgIpc) is 3.28. The molecule has 2 fully saturated rings. The molecular weight excluding hydrogens is 401 g/mol. The summed E-state index contributed by atoms with van der Waals surface area (Å²) in [5.41, 5.74) is -0.560. The Bertz CT molecular complexity index is 988. The highest BCUT2D eigenvalue weighted by atomic mass is 19.4. The summed E-state index contributed by atoms with van der Waals surface area (Å²) in [5, 5.41) is 3.51. The van der Waals surface area contributed by atoms with Crippen molar-refractivity contribution in [2.24, 2.45) is 5.92 Å². The van der Waals surface area contributed by atoms with E-state index in [1.165, 1.54) is 6.92 Å². The molecule has 0 aliphatic carbocycles. The summed E-state index contributed by atoms with van der Waals surface area (Å²) in [4.78, 5) is 32.5. The van der Waals surface area contributed by atoms with Crippen LogP contribution in [0.1, 0.15) is 49.1 Å². The fraction of sp³-hybridized carbons (Fsp3) is 0.600. The number of rotatable bonds is 3. The summed E-state index contributed by atoms with van der Waals surface area (Å²) in [5.74, 6) is -0.879. The molecular formula is C20H23F3N4O3. The minimum atomic E-state index is -4.57. The van der Waals surface area contributed by atoms with Crippen molar-refractivity contribution in [3.05, 3.63) is 23.0 Å². The number of hydrogen-bond acceptors (Lipinski definition) is 5. The minimum absolute atomic E-state index is 0.0352. The van der Waals surface area contributed by atoms with Crippen LogP contribution in [-0.2, 0) is 15.8 Å². The molecule has 0 bridgehead atoms. The largest absolute Gasteiger partial charge is 0.417 e. The molecule has 162 valence electrons. The van der Waals surface area contributed by atoms with Gasteiger partial charge in [-0.2, -0.15) is 13.2 Å². The van der Waals surface area contributed by atoms with E-state index >= 15 is 0 Å². The van der Waals surface area contributed by atoms with Crippen LogP contribution in [0.25, 0.3) is 11.1 Å². The molecule has 0 unspecified atom stereocenters. The molecule has 2 aromatic rings. The van der Waals surface area contributed by atoms with Crippen LogP contribution in [0, 0.1) is 12.8 Å². The summed E-state index contributed by atoms with van der Waals surface area (Å²) < 4.78 is 45.9. The predicted octanol–water partition coefficient (Wildman–Crippen LogP) is 3.12. The summed E-state index contributed by atoms with van der Waals surface area (Å²) in [7, 11) is 0. The lowest BCUT2D eigenvalue weighted by molar-refractivity contribution is -0.137. The minimum Gasteiger partial charge on any atom is -0.342 e. The van der Waals surface area contributed by atoms with Gasteiger partial charge in [-0.05, 0) is 32.8 Å². The molecule has 30 heavy (non-hydrogen) atoms. The number of aryl methyl sites for hydroxylation is 1. The fourth-order valence-corrected chi connectivity index (χ4v) is 4.47. The van der Waals surface area contributed by atoms with Crippen molar-refractivity contribution in [2.75, 3.05) is 26.2 Å². The lowest BCUT2D eigenvalue weighted by Gasteiger charge is -2.34. The first-order valence-electron chi connectivity index (χ1n) is 10.1. The molecule has 0 radical (unpaired) electrons. The van der Waals surface area contributed by atoms with Gasteiger partial charge in [0, 0.05) is 38.5 Å². The standard InChI is InChI=1S/C20H23F3N4O3/c1-3-26-10-13(7-16(26)28)19(29)27-6-4-5-12(9-27)15-8-14(20(21,22)23)17-11(2)25-30-18(17)24-15/h8,12-13H,3-7,9-10H2,1-2H3/t12-,13+/m1/s1. The number of nitrogens with zero attached hydrogens (tertiary/aromatic N) is 4. The van der Waals surface area contributed by atoms with Crippen LogP contribution in [0.15, 0.2) is 10.6 Å². The lowest BCUT2D eigenvalue weighted by atomic mass is 9.91. The SMILES string of the molecule is CCN1C[C@@H](C(=O)N2CCC[C@@H](c3cc(C(F)(F)F)c4c(C)noc4n3)C2)CC1=O. The highest BCUT2D eigenvalue weighted by Crippen LogP contribution is 2.38. The van der Waals surface area contributed by atoms with E-state index in [0.29, 0.717) is 32.5 Å². The number of fused-ring (bicyclic) bond motifs is 1.